The van der Waals surface area contributed by atoms with Crippen molar-refractivity contribution in [1.29, 1.82) is 0 Å². The normalized spacial score (nSPS) is 16.7. The van der Waals surface area contributed by atoms with Crippen molar-refractivity contribution in [3.8, 4) is 11.1 Å². The molecule has 0 radical (unpaired) electrons. The molecule has 334 valence electrons. The lowest BCUT2D eigenvalue weighted by atomic mass is 9.91. The second-order valence-electron chi connectivity index (χ2n) is 15.7. The summed E-state index contributed by atoms with van der Waals surface area (Å²) in [6.07, 6.45) is 3.78. The highest BCUT2D eigenvalue weighted by atomic mass is 19.1. The first-order valence-electron chi connectivity index (χ1n) is 21.4. The minimum absolute atomic E-state index is 0.0550. The van der Waals surface area contributed by atoms with Gasteiger partial charge in [0.2, 0.25) is 11.8 Å². The summed E-state index contributed by atoms with van der Waals surface area (Å²) < 4.78 is 36.6. The topological polar surface area (TPSA) is 194 Å². The van der Waals surface area contributed by atoms with Gasteiger partial charge in [-0.3, -0.25) is 34.2 Å². The molecule has 0 spiro atoms. The molecule has 1 unspecified atom stereocenters. The van der Waals surface area contributed by atoms with Crippen molar-refractivity contribution in [3.05, 3.63) is 100 Å². The van der Waals surface area contributed by atoms with Gasteiger partial charge in [-0.05, 0) is 80.6 Å². The average Bonchev–Trinajstić information content (AvgIpc) is 3.83. The molecule has 5 amide bonds. The molecule has 3 aliphatic rings. The number of benzene rings is 3. The van der Waals surface area contributed by atoms with Crippen LogP contribution in [0, 0.1) is 19.7 Å². The molecule has 1 aromatic heterocycles. The number of carbonyl (C=O) groups excluding carboxylic acids is 5. The highest BCUT2D eigenvalue weighted by Gasteiger charge is 2.45. The zero-order valence-electron chi connectivity index (χ0n) is 35.6. The number of hydrogen-bond acceptors (Lipinski definition) is 12. The van der Waals surface area contributed by atoms with E-state index in [1.807, 2.05) is 25.1 Å². The molecular weight excluding hydrogens is 814 g/mol. The molecule has 3 aromatic carbocycles. The number of nitrogens with one attached hydrogen (secondary N) is 4. The molecule has 0 aliphatic carbocycles. The van der Waals surface area contributed by atoms with Gasteiger partial charge < -0.3 is 39.5 Å². The van der Waals surface area contributed by atoms with E-state index in [1.165, 1.54) is 11.8 Å². The second kappa shape index (κ2) is 21.4. The zero-order chi connectivity index (χ0) is 44.3. The van der Waals surface area contributed by atoms with Gasteiger partial charge in [0.05, 0.1) is 76.0 Å². The SMILES string of the molecule is Cc1cc(-c2ccc(C(=O)NCCOCCOCCOCCOCCNc3cccc4c3C(=O)N(C3CCC(=O)NC3=O)C4=O)cc2N2CCC(c3[nH]cnc3C)CC2)ccc1F. The van der Waals surface area contributed by atoms with E-state index >= 15 is 0 Å². The lowest BCUT2D eigenvalue weighted by Crippen LogP contribution is -2.54. The van der Waals surface area contributed by atoms with Crippen LogP contribution in [0.15, 0.2) is 60.9 Å². The molecule has 4 aromatic rings. The maximum absolute atomic E-state index is 14.2. The van der Waals surface area contributed by atoms with Crippen LogP contribution in [0.5, 0.6) is 0 Å². The lowest BCUT2D eigenvalue weighted by molar-refractivity contribution is -0.136. The monoisotopic (exact) mass is 867 g/mol. The Kier molecular flexibility index (Phi) is 15.3. The summed E-state index contributed by atoms with van der Waals surface area (Å²) in [4.78, 5) is 74.4. The van der Waals surface area contributed by atoms with Gasteiger partial charge in [-0.25, -0.2) is 9.37 Å². The standard InChI is InChI=1S/C46H54FN7O9/c1-29-26-32(7-9-36(29)47)34-8-6-33(27-39(34)53-16-12-31(13-17-53)42-30(2)50-28-51-42)43(56)49-15-19-61-21-23-63-25-24-62-22-20-60-18-14-48-37-5-3-4-35-41(37)46(59)54(45(35)58)38-10-11-40(55)52-44(38)57/h3-9,26-28,31,38,48H,10-25H2,1-2H3,(H,49,56)(H,50,51)(H,52,55,57). The van der Waals surface area contributed by atoms with E-state index in [-0.39, 0.29) is 35.7 Å². The first-order valence-corrected chi connectivity index (χ1v) is 21.4. The number of carbonyl (C=O) groups is 5. The van der Waals surface area contributed by atoms with Gasteiger partial charge in [0.1, 0.15) is 11.9 Å². The van der Waals surface area contributed by atoms with E-state index in [9.17, 15) is 28.4 Å². The quantitative estimate of drug-likeness (QED) is 0.0677. The zero-order valence-corrected chi connectivity index (χ0v) is 35.6. The Labute approximate surface area is 365 Å². The Balaban J connectivity index is 0.747. The van der Waals surface area contributed by atoms with Crippen LogP contribution in [0.4, 0.5) is 15.8 Å². The van der Waals surface area contributed by atoms with Gasteiger partial charge in [-0.2, -0.15) is 0 Å². The Morgan fingerprint density at radius 2 is 1.51 bits per heavy atom. The van der Waals surface area contributed by atoms with Crippen molar-refractivity contribution in [3.63, 3.8) is 0 Å². The van der Waals surface area contributed by atoms with Crippen LogP contribution >= 0.6 is 0 Å². The molecule has 7 rings (SSSR count). The smallest absolute Gasteiger partial charge is 0.264 e. The number of aryl methyl sites for hydroxylation is 2. The molecule has 2 fully saturated rings. The first-order chi connectivity index (χ1) is 30.6. The van der Waals surface area contributed by atoms with Crippen molar-refractivity contribution in [2.75, 3.05) is 89.3 Å². The van der Waals surface area contributed by atoms with Crippen molar-refractivity contribution in [1.82, 2.24) is 25.5 Å². The Hall–Kier alpha value is -6.01. The number of rotatable bonds is 21. The first kappa shape index (κ1) is 45.0. The molecule has 16 nitrogen and oxygen atoms in total. The van der Waals surface area contributed by atoms with Gasteiger partial charge in [0, 0.05) is 66.7 Å². The summed E-state index contributed by atoms with van der Waals surface area (Å²) in [5, 5.41) is 8.29. The van der Waals surface area contributed by atoms with E-state index in [0.717, 1.165) is 53.3 Å². The number of H-pyrrole nitrogens is 1. The van der Waals surface area contributed by atoms with Crippen molar-refractivity contribution < 1.29 is 47.3 Å². The Bertz CT molecular complexity index is 2290. The molecule has 0 bridgehead atoms. The van der Waals surface area contributed by atoms with Gasteiger partial charge in [0.25, 0.3) is 17.7 Å². The van der Waals surface area contributed by atoms with E-state index in [4.69, 9.17) is 18.9 Å². The summed E-state index contributed by atoms with van der Waals surface area (Å²) in [6.45, 7) is 8.89. The number of ether oxygens (including phenoxy) is 4. The van der Waals surface area contributed by atoms with Gasteiger partial charge >= 0.3 is 0 Å². The van der Waals surface area contributed by atoms with Gasteiger partial charge in [-0.15, -0.1) is 0 Å². The number of fused-ring (bicyclic) bond motifs is 1. The fraction of sp³-hybridized carbons (Fsp3) is 0.435. The predicted molar refractivity (Wildman–Crippen MR) is 231 cm³/mol. The average molecular weight is 868 g/mol. The third-order valence-corrected chi connectivity index (χ3v) is 11.5. The molecule has 17 heteroatoms. The summed E-state index contributed by atoms with van der Waals surface area (Å²) in [7, 11) is 0. The fourth-order valence-electron chi connectivity index (χ4n) is 8.21. The number of hydrogen-bond donors (Lipinski definition) is 4. The largest absolute Gasteiger partial charge is 0.382 e. The second-order valence-corrected chi connectivity index (χ2v) is 15.7. The number of anilines is 2. The van der Waals surface area contributed by atoms with Crippen LogP contribution in [0.3, 0.4) is 0 Å². The molecule has 2 saturated heterocycles. The number of halogens is 1. The third-order valence-electron chi connectivity index (χ3n) is 11.5. The maximum atomic E-state index is 14.2. The Morgan fingerprint density at radius 3 is 2.17 bits per heavy atom. The molecule has 4 N–H and O–H groups in total. The highest BCUT2D eigenvalue weighted by molar-refractivity contribution is 6.25. The summed E-state index contributed by atoms with van der Waals surface area (Å²) in [6, 6.07) is 14.7. The summed E-state index contributed by atoms with van der Waals surface area (Å²) in [5.74, 6) is -2.27. The summed E-state index contributed by atoms with van der Waals surface area (Å²) >= 11 is 0. The van der Waals surface area contributed by atoms with Crippen molar-refractivity contribution in [2.45, 2.75) is 51.5 Å². The van der Waals surface area contributed by atoms with Crippen molar-refractivity contribution >= 4 is 40.9 Å². The molecule has 1 atom stereocenters. The van der Waals surface area contributed by atoms with Crippen LogP contribution in [-0.2, 0) is 28.5 Å². The van der Waals surface area contributed by atoms with Crippen molar-refractivity contribution in [2.24, 2.45) is 0 Å². The van der Waals surface area contributed by atoms with Gasteiger partial charge in [0.15, 0.2) is 0 Å². The summed E-state index contributed by atoms with van der Waals surface area (Å²) in [5.41, 5.74) is 6.98. The van der Waals surface area contributed by atoms with Gasteiger partial charge in [-0.1, -0.05) is 18.2 Å². The number of amides is 5. The minimum atomic E-state index is -1.03. The van der Waals surface area contributed by atoms with E-state index < -0.39 is 29.7 Å². The Morgan fingerprint density at radius 1 is 0.810 bits per heavy atom. The van der Waals surface area contributed by atoms with Crippen LogP contribution < -0.4 is 20.9 Å². The fourth-order valence-corrected chi connectivity index (χ4v) is 8.21. The number of imide groups is 2. The molecule has 4 heterocycles. The predicted octanol–water partition coefficient (Wildman–Crippen LogP) is 4.53. The molecular formula is C46H54FN7O9. The van der Waals surface area contributed by atoms with Crippen LogP contribution in [0.2, 0.25) is 0 Å². The molecule has 0 saturated carbocycles. The number of aromatic nitrogens is 2. The number of piperidine rings is 2. The number of aromatic amines is 1. The lowest BCUT2D eigenvalue weighted by Gasteiger charge is -2.35. The minimum Gasteiger partial charge on any atom is -0.382 e. The third kappa shape index (κ3) is 11.0. The van der Waals surface area contributed by atoms with Crippen LogP contribution in [-0.4, -0.2) is 129 Å². The van der Waals surface area contributed by atoms with E-state index in [2.05, 4.69) is 30.8 Å². The maximum Gasteiger partial charge on any atom is 0.264 e. The number of imidazole rings is 1. The number of nitrogens with zero attached hydrogens (tertiary/aromatic N) is 3. The van der Waals surface area contributed by atoms with Crippen LogP contribution in [0.25, 0.3) is 11.1 Å². The van der Waals surface area contributed by atoms with E-state index in [1.54, 1.807) is 43.6 Å². The highest BCUT2D eigenvalue weighted by Crippen LogP contribution is 2.37. The van der Waals surface area contributed by atoms with Crippen LogP contribution in [0.1, 0.15) is 79.6 Å². The molecule has 3 aliphatic heterocycles. The van der Waals surface area contributed by atoms with E-state index in [0.29, 0.717) is 88.7 Å². The molecule has 63 heavy (non-hydrogen) atoms.